The van der Waals surface area contributed by atoms with Crippen molar-refractivity contribution in [2.75, 3.05) is 26.3 Å². The SMILES string of the molecule is NCCCOCC1CCCN1C(=O)C(F)(F)F. The summed E-state index contributed by atoms with van der Waals surface area (Å²) >= 11 is 0. The van der Waals surface area contributed by atoms with Gasteiger partial charge in [0.1, 0.15) is 0 Å². The van der Waals surface area contributed by atoms with Gasteiger partial charge >= 0.3 is 12.1 Å². The maximum atomic E-state index is 12.3. The number of likely N-dealkylation sites (tertiary alicyclic amines) is 1. The van der Waals surface area contributed by atoms with Crippen LogP contribution in [-0.4, -0.2) is 49.3 Å². The predicted octanol–water partition coefficient (Wildman–Crippen LogP) is 0.905. The van der Waals surface area contributed by atoms with Crippen molar-refractivity contribution in [1.82, 2.24) is 4.90 Å². The number of hydrogen-bond acceptors (Lipinski definition) is 3. The average Bonchev–Trinajstić information content (AvgIpc) is 2.70. The maximum absolute atomic E-state index is 12.3. The fourth-order valence-corrected chi connectivity index (χ4v) is 1.84. The van der Waals surface area contributed by atoms with E-state index in [-0.39, 0.29) is 13.2 Å². The molecule has 2 N–H and O–H groups in total. The molecule has 1 heterocycles. The molecule has 1 amide bonds. The third kappa shape index (κ3) is 4.16. The molecular weight excluding hydrogens is 237 g/mol. The second kappa shape index (κ2) is 6.20. The summed E-state index contributed by atoms with van der Waals surface area (Å²) in [5, 5.41) is 0. The van der Waals surface area contributed by atoms with Gasteiger partial charge in [-0.3, -0.25) is 4.79 Å². The van der Waals surface area contributed by atoms with Crippen LogP contribution < -0.4 is 5.73 Å². The first-order chi connectivity index (χ1) is 7.96. The summed E-state index contributed by atoms with van der Waals surface area (Å²) < 4.78 is 42.0. The van der Waals surface area contributed by atoms with Crippen LogP contribution >= 0.6 is 0 Å². The van der Waals surface area contributed by atoms with Gasteiger partial charge in [-0.05, 0) is 25.8 Å². The third-order valence-electron chi connectivity index (χ3n) is 2.68. The number of carbonyl (C=O) groups excluding carboxylic acids is 1. The lowest BCUT2D eigenvalue weighted by Gasteiger charge is -2.25. The number of ether oxygens (including phenoxy) is 1. The zero-order chi connectivity index (χ0) is 12.9. The standard InChI is InChI=1S/C10H17F3N2O2/c11-10(12,13)9(16)15-5-1-3-8(15)7-17-6-2-4-14/h8H,1-7,14H2. The normalized spacial score (nSPS) is 20.9. The molecule has 0 radical (unpaired) electrons. The minimum absolute atomic E-state index is 0.155. The lowest BCUT2D eigenvalue weighted by molar-refractivity contribution is -0.187. The van der Waals surface area contributed by atoms with Crippen LogP contribution in [0.4, 0.5) is 13.2 Å². The molecule has 1 atom stereocenters. The number of nitrogens with two attached hydrogens (primary N) is 1. The Bertz CT molecular complexity index is 258. The fourth-order valence-electron chi connectivity index (χ4n) is 1.84. The van der Waals surface area contributed by atoms with E-state index in [9.17, 15) is 18.0 Å². The number of hydrogen-bond donors (Lipinski definition) is 1. The summed E-state index contributed by atoms with van der Waals surface area (Å²) in [6, 6.07) is -0.457. The molecule has 0 aromatic rings. The summed E-state index contributed by atoms with van der Waals surface area (Å²) in [5.74, 6) is -1.76. The highest BCUT2D eigenvalue weighted by atomic mass is 19.4. The Balaban J connectivity index is 2.41. The van der Waals surface area contributed by atoms with E-state index in [0.29, 0.717) is 32.4 Å². The quantitative estimate of drug-likeness (QED) is 0.742. The molecule has 0 saturated carbocycles. The van der Waals surface area contributed by atoms with Crippen LogP contribution in [0.2, 0.25) is 0 Å². The molecule has 4 nitrogen and oxygen atoms in total. The van der Waals surface area contributed by atoms with Gasteiger partial charge in [-0.1, -0.05) is 0 Å². The van der Waals surface area contributed by atoms with E-state index in [1.54, 1.807) is 0 Å². The molecule has 1 saturated heterocycles. The predicted molar refractivity (Wildman–Crippen MR) is 55.3 cm³/mol. The molecule has 1 aliphatic rings. The lowest BCUT2D eigenvalue weighted by Crippen LogP contribution is -2.45. The minimum atomic E-state index is -4.79. The van der Waals surface area contributed by atoms with Crippen molar-refractivity contribution in [2.24, 2.45) is 5.73 Å². The van der Waals surface area contributed by atoms with Crippen LogP contribution in [0.1, 0.15) is 19.3 Å². The Morgan fingerprint density at radius 2 is 2.18 bits per heavy atom. The number of nitrogens with zero attached hydrogens (tertiary/aromatic N) is 1. The Morgan fingerprint density at radius 1 is 1.47 bits per heavy atom. The molecule has 1 unspecified atom stereocenters. The van der Waals surface area contributed by atoms with Gasteiger partial charge in [-0.2, -0.15) is 13.2 Å². The summed E-state index contributed by atoms with van der Waals surface area (Å²) in [6.45, 7) is 1.21. The highest BCUT2D eigenvalue weighted by molar-refractivity contribution is 5.82. The van der Waals surface area contributed by atoms with E-state index in [0.717, 1.165) is 4.90 Å². The zero-order valence-corrected chi connectivity index (χ0v) is 9.50. The van der Waals surface area contributed by atoms with Crippen LogP contribution in [0.25, 0.3) is 0 Å². The number of amides is 1. The fraction of sp³-hybridized carbons (Fsp3) is 0.900. The topological polar surface area (TPSA) is 55.6 Å². The van der Waals surface area contributed by atoms with Gasteiger partial charge in [-0.15, -0.1) is 0 Å². The molecule has 0 bridgehead atoms. The van der Waals surface area contributed by atoms with Crippen LogP contribution in [0.15, 0.2) is 0 Å². The Kier molecular flexibility index (Phi) is 5.20. The molecule has 1 aliphatic heterocycles. The zero-order valence-electron chi connectivity index (χ0n) is 9.50. The van der Waals surface area contributed by atoms with E-state index in [2.05, 4.69) is 0 Å². The van der Waals surface area contributed by atoms with Crippen LogP contribution in [0.3, 0.4) is 0 Å². The van der Waals surface area contributed by atoms with Crippen molar-refractivity contribution in [1.29, 1.82) is 0 Å². The molecular formula is C10H17F3N2O2. The highest BCUT2D eigenvalue weighted by Gasteiger charge is 2.45. The van der Waals surface area contributed by atoms with Crippen molar-refractivity contribution in [3.05, 3.63) is 0 Å². The molecule has 0 aromatic carbocycles. The van der Waals surface area contributed by atoms with E-state index in [4.69, 9.17) is 10.5 Å². The molecule has 1 fully saturated rings. The third-order valence-corrected chi connectivity index (χ3v) is 2.68. The van der Waals surface area contributed by atoms with Gasteiger partial charge in [0, 0.05) is 13.2 Å². The number of halogens is 3. The van der Waals surface area contributed by atoms with E-state index in [1.807, 2.05) is 0 Å². The van der Waals surface area contributed by atoms with Crippen LogP contribution in [0.5, 0.6) is 0 Å². The number of alkyl halides is 3. The smallest absolute Gasteiger partial charge is 0.379 e. The minimum Gasteiger partial charge on any atom is -0.379 e. The summed E-state index contributed by atoms with van der Waals surface area (Å²) in [5.41, 5.74) is 5.26. The molecule has 0 aliphatic carbocycles. The Morgan fingerprint density at radius 3 is 2.76 bits per heavy atom. The molecule has 0 spiro atoms. The summed E-state index contributed by atoms with van der Waals surface area (Å²) in [7, 11) is 0. The second-order valence-corrected chi connectivity index (χ2v) is 4.01. The molecule has 1 rings (SSSR count). The number of carbonyl (C=O) groups is 1. The van der Waals surface area contributed by atoms with Crippen molar-refractivity contribution in [3.8, 4) is 0 Å². The van der Waals surface area contributed by atoms with Gasteiger partial charge < -0.3 is 15.4 Å². The first-order valence-corrected chi connectivity index (χ1v) is 5.62. The summed E-state index contributed by atoms with van der Waals surface area (Å²) in [4.78, 5) is 12.0. The molecule has 0 aromatic heterocycles. The van der Waals surface area contributed by atoms with Crippen LogP contribution in [-0.2, 0) is 9.53 Å². The van der Waals surface area contributed by atoms with Crippen molar-refractivity contribution in [2.45, 2.75) is 31.5 Å². The van der Waals surface area contributed by atoms with Crippen LogP contribution in [0, 0.1) is 0 Å². The Labute approximate surface area is 97.9 Å². The van der Waals surface area contributed by atoms with E-state index in [1.165, 1.54) is 0 Å². The molecule has 17 heavy (non-hydrogen) atoms. The van der Waals surface area contributed by atoms with Gasteiger partial charge in [-0.25, -0.2) is 0 Å². The van der Waals surface area contributed by atoms with Gasteiger partial charge in [0.2, 0.25) is 0 Å². The lowest BCUT2D eigenvalue weighted by atomic mass is 10.2. The first kappa shape index (κ1) is 14.2. The summed E-state index contributed by atoms with van der Waals surface area (Å²) in [6.07, 6.45) is -2.98. The largest absolute Gasteiger partial charge is 0.471 e. The molecule has 100 valence electrons. The average molecular weight is 254 g/mol. The second-order valence-electron chi connectivity index (χ2n) is 4.01. The monoisotopic (exact) mass is 254 g/mol. The molecule has 7 heteroatoms. The van der Waals surface area contributed by atoms with Gasteiger partial charge in [0.05, 0.1) is 12.6 Å². The highest BCUT2D eigenvalue weighted by Crippen LogP contribution is 2.25. The van der Waals surface area contributed by atoms with Crippen molar-refractivity contribution >= 4 is 5.91 Å². The van der Waals surface area contributed by atoms with Gasteiger partial charge in [0.15, 0.2) is 0 Å². The number of rotatable bonds is 5. The van der Waals surface area contributed by atoms with E-state index >= 15 is 0 Å². The van der Waals surface area contributed by atoms with Crippen molar-refractivity contribution in [3.63, 3.8) is 0 Å². The van der Waals surface area contributed by atoms with Crippen molar-refractivity contribution < 1.29 is 22.7 Å². The first-order valence-electron chi connectivity index (χ1n) is 5.62. The van der Waals surface area contributed by atoms with E-state index < -0.39 is 18.1 Å². The maximum Gasteiger partial charge on any atom is 0.471 e. The van der Waals surface area contributed by atoms with Gasteiger partial charge in [0.25, 0.3) is 0 Å². The Hall–Kier alpha value is -0.820.